The zero-order chi connectivity index (χ0) is 15.2. The summed E-state index contributed by atoms with van der Waals surface area (Å²) < 4.78 is 13.5. The van der Waals surface area contributed by atoms with Crippen molar-refractivity contribution in [1.29, 1.82) is 0 Å². The number of carbonyl (C=O) groups is 1. The van der Waals surface area contributed by atoms with Crippen LogP contribution in [0.2, 0.25) is 0 Å². The van der Waals surface area contributed by atoms with E-state index in [1.165, 1.54) is 12.1 Å². The summed E-state index contributed by atoms with van der Waals surface area (Å²) in [7, 11) is 0. The number of nitrogens with one attached hydrogen (secondary N) is 2. The Kier molecular flexibility index (Phi) is 3.32. The second-order valence-electron chi connectivity index (χ2n) is 6.42. The van der Waals surface area contributed by atoms with Crippen LogP contribution in [0.4, 0.5) is 4.39 Å². The van der Waals surface area contributed by atoms with E-state index in [1.54, 1.807) is 6.07 Å². The van der Waals surface area contributed by atoms with Crippen LogP contribution < -0.4 is 10.6 Å². The third kappa shape index (κ3) is 2.70. The Bertz CT molecular complexity index is 666. The fourth-order valence-corrected chi connectivity index (χ4v) is 3.33. The maximum atomic E-state index is 13.5. The van der Waals surface area contributed by atoms with Crippen LogP contribution in [-0.4, -0.2) is 10.9 Å². The summed E-state index contributed by atoms with van der Waals surface area (Å²) in [4.78, 5) is 12.5. The van der Waals surface area contributed by atoms with Crippen molar-refractivity contribution in [1.82, 2.24) is 10.6 Å². The van der Waals surface area contributed by atoms with E-state index in [9.17, 15) is 9.18 Å². The van der Waals surface area contributed by atoms with Gasteiger partial charge in [0.2, 0.25) is 0 Å². The maximum Gasteiger partial charge on any atom is 0.171 e. The molecule has 21 heavy (non-hydrogen) atoms. The van der Waals surface area contributed by atoms with Crippen LogP contribution in [0.15, 0.2) is 35.5 Å². The number of hydrogen-bond acceptors (Lipinski definition) is 2. The molecule has 110 valence electrons. The monoisotopic (exact) mass is 304 g/mol. The van der Waals surface area contributed by atoms with Crippen molar-refractivity contribution in [2.75, 3.05) is 0 Å². The molecule has 2 N–H and O–H groups in total. The maximum absolute atomic E-state index is 13.5. The predicted molar refractivity (Wildman–Crippen MR) is 83.1 cm³/mol. The van der Waals surface area contributed by atoms with Gasteiger partial charge in [0.15, 0.2) is 10.9 Å². The van der Waals surface area contributed by atoms with Crippen molar-refractivity contribution < 1.29 is 9.18 Å². The van der Waals surface area contributed by atoms with Crippen molar-refractivity contribution in [2.24, 2.45) is 5.41 Å². The highest BCUT2D eigenvalue weighted by Gasteiger charge is 2.39. The van der Waals surface area contributed by atoms with Crippen LogP contribution >= 0.6 is 12.2 Å². The van der Waals surface area contributed by atoms with Gasteiger partial charge in [-0.05, 0) is 41.7 Å². The Balaban J connectivity index is 2.08. The highest BCUT2D eigenvalue weighted by molar-refractivity contribution is 7.80. The first-order valence-corrected chi connectivity index (χ1v) is 7.36. The summed E-state index contributed by atoms with van der Waals surface area (Å²) in [5.41, 5.74) is 2.20. The van der Waals surface area contributed by atoms with Crippen molar-refractivity contribution in [2.45, 2.75) is 32.7 Å². The standard InChI is InChI=1S/C16H17FN2OS/c1-16(2)7-11-13(12(20)8-16)14(19-15(21)18-11)9-4-3-5-10(17)6-9/h3-6,14H,7-8H2,1-2H3,(H2,18,19,21). The highest BCUT2D eigenvalue weighted by Crippen LogP contribution is 2.41. The van der Waals surface area contributed by atoms with Crippen molar-refractivity contribution in [3.8, 4) is 0 Å². The summed E-state index contributed by atoms with van der Waals surface area (Å²) in [5, 5.41) is 6.68. The number of thiocarbonyl (C=S) groups is 1. The van der Waals surface area contributed by atoms with E-state index in [2.05, 4.69) is 24.5 Å². The van der Waals surface area contributed by atoms with Gasteiger partial charge >= 0.3 is 0 Å². The van der Waals surface area contributed by atoms with E-state index < -0.39 is 0 Å². The summed E-state index contributed by atoms with van der Waals surface area (Å²) >= 11 is 5.24. The fourth-order valence-electron chi connectivity index (χ4n) is 3.09. The van der Waals surface area contributed by atoms with Gasteiger partial charge in [-0.25, -0.2) is 4.39 Å². The lowest BCUT2D eigenvalue weighted by Crippen LogP contribution is -2.48. The number of Topliss-reactive ketones (excluding diaryl/α,β-unsaturated/α-hetero) is 1. The molecule has 0 aromatic heterocycles. The average molecular weight is 304 g/mol. The number of hydrogen-bond donors (Lipinski definition) is 2. The molecule has 0 radical (unpaired) electrons. The van der Waals surface area contributed by atoms with Crippen LogP contribution in [0.5, 0.6) is 0 Å². The van der Waals surface area contributed by atoms with Gasteiger partial charge < -0.3 is 10.6 Å². The van der Waals surface area contributed by atoms with Crippen molar-refractivity contribution in [3.05, 3.63) is 46.9 Å². The molecule has 3 nitrogen and oxygen atoms in total. The molecule has 1 aromatic carbocycles. The number of benzene rings is 1. The molecular weight excluding hydrogens is 287 g/mol. The number of allylic oxidation sites excluding steroid dienone is 1. The van der Waals surface area contributed by atoms with Gasteiger partial charge in [0, 0.05) is 17.7 Å². The average Bonchev–Trinajstić information content (AvgIpc) is 2.35. The second-order valence-corrected chi connectivity index (χ2v) is 6.83. The Morgan fingerprint density at radius 3 is 2.81 bits per heavy atom. The normalized spacial score (nSPS) is 24.2. The molecule has 0 saturated heterocycles. The summed E-state index contributed by atoms with van der Waals surface area (Å²) in [6.45, 7) is 4.14. The van der Waals surface area contributed by atoms with Crippen LogP contribution in [0.25, 0.3) is 0 Å². The largest absolute Gasteiger partial charge is 0.351 e. The van der Waals surface area contributed by atoms with Crippen LogP contribution in [0.3, 0.4) is 0 Å². The van der Waals surface area contributed by atoms with E-state index >= 15 is 0 Å². The third-order valence-corrected chi connectivity index (χ3v) is 4.15. The number of ketones is 1. The van der Waals surface area contributed by atoms with Gasteiger partial charge in [0.05, 0.1) is 6.04 Å². The first kappa shape index (κ1) is 14.2. The van der Waals surface area contributed by atoms with E-state index in [0.29, 0.717) is 17.1 Å². The smallest absolute Gasteiger partial charge is 0.171 e. The predicted octanol–water partition coefficient (Wildman–Crippen LogP) is 2.99. The molecule has 1 unspecified atom stereocenters. The van der Waals surface area contributed by atoms with Gasteiger partial charge in [-0.15, -0.1) is 0 Å². The van der Waals surface area contributed by atoms with E-state index in [0.717, 1.165) is 17.7 Å². The molecule has 0 fully saturated rings. The molecule has 1 atom stereocenters. The molecule has 0 amide bonds. The fraction of sp³-hybridized carbons (Fsp3) is 0.375. The molecule has 0 saturated carbocycles. The summed E-state index contributed by atoms with van der Waals surface area (Å²) in [6, 6.07) is 5.93. The molecular formula is C16H17FN2OS. The molecule has 0 spiro atoms. The van der Waals surface area contributed by atoms with Gasteiger partial charge in [-0.2, -0.15) is 0 Å². The minimum atomic E-state index is -0.368. The summed E-state index contributed by atoms with van der Waals surface area (Å²) in [6.07, 6.45) is 1.26. The van der Waals surface area contributed by atoms with Crippen LogP contribution in [0.1, 0.15) is 38.3 Å². The first-order chi connectivity index (χ1) is 9.85. The molecule has 0 bridgehead atoms. The first-order valence-electron chi connectivity index (χ1n) is 6.95. The van der Waals surface area contributed by atoms with E-state index in [1.807, 2.05) is 6.07 Å². The van der Waals surface area contributed by atoms with E-state index in [4.69, 9.17) is 12.2 Å². The Morgan fingerprint density at radius 2 is 2.10 bits per heavy atom. The van der Waals surface area contributed by atoms with Crippen LogP contribution in [-0.2, 0) is 4.79 Å². The highest BCUT2D eigenvalue weighted by atomic mass is 32.1. The van der Waals surface area contributed by atoms with Crippen molar-refractivity contribution >= 4 is 23.1 Å². The number of rotatable bonds is 1. The van der Waals surface area contributed by atoms with Gasteiger partial charge in [0.1, 0.15) is 5.82 Å². The molecule has 5 heteroatoms. The van der Waals surface area contributed by atoms with Gasteiger partial charge in [-0.3, -0.25) is 4.79 Å². The molecule has 1 heterocycles. The molecule has 1 aromatic rings. The van der Waals surface area contributed by atoms with Gasteiger partial charge in [0.25, 0.3) is 0 Å². The SMILES string of the molecule is CC1(C)CC(=O)C2=C(C1)NC(=S)NC2c1cccc(F)c1. The Labute approximate surface area is 128 Å². The molecule has 2 aliphatic rings. The topological polar surface area (TPSA) is 41.1 Å². The van der Waals surface area contributed by atoms with E-state index in [-0.39, 0.29) is 23.1 Å². The lowest BCUT2D eigenvalue weighted by Gasteiger charge is -2.39. The summed E-state index contributed by atoms with van der Waals surface area (Å²) in [5.74, 6) is -0.220. The Morgan fingerprint density at radius 1 is 1.33 bits per heavy atom. The van der Waals surface area contributed by atoms with Crippen LogP contribution in [0, 0.1) is 11.2 Å². The lowest BCUT2D eigenvalue weighted by molar-refractivity contribution is -0.118. The number of carbonyl (C=O) groups excluding carboxylic acids is 1. The second kappa shape index (κ2) is 4.91. The zero-order valence-corrected chi connectivity index (χ0v) is 12.8. The lowest BCUT2D eigenvalue weighted by atomic mass is 9.73. The minimum absolute atomic E-state index is 0.0810. The third-order valence-electron chi connectivity index (χ3n) is 3.93. The molecule has 1 aliphatic carbocycles. The zero-order valence-electron chi connectivity index (χ0n) is 12.0. The minimum Gasteiger partial charge on any atom is -0.351 e. The molecule has 1 aliphatic heterocycles. The number of halogens is 1. The molecule has 3 rings (SSSR count). The van der Waals surface area contributed by atoms with Crippen molar-refractivity contribution in [3.63, 3.8) is 0 Å². The quantitative estimate of drug-likeness (QED) is 0.783. The van der Waals surface area contributed by atoms with Gasteiger partial charge in [-0.1, -0.05) is 26.0 Å². The Hall–Kier alpha value is -1.75.